The van der Waals surface area contributed by atoms with Gasteiger partial charge in [0.05, 0.1) is 23.1 Å². The lowest BCUT2D eigenvalue weighted by molar-refractivity contribution is 0.304. The van der Waals surface area contributed by atoms with Crippen molar-refractivity contribution in [2.75, 3.05) is 7.05 Å². The summed E-state index contributed by atoms with van der Waals surface area (Å²) < 4.78 is 16.6. The van der Waals surface area contributed by atoms with Crippen molar-refractivity contribution in [1.82, 2.24) is 30.5 Å². The lowest BCUT2D eigenvalue weighted by Gasteiger charge is -2.29. The second-order valence-corrected chi connectivity index (χ2v) is 10.6. The van der Waals surface area contributed by atoms with E-state index in [1.807, 2.05) is 53.0 Å². The van der Waals surface area contributed by atoms with Crippen LogP contribution in [0.15, 0.2) is 98.3 Å². The molecule has 218 valence electrons. The maximum absolute atomic E-state index is 15.1. The number of nitrogens with one attached hydrogen (secondary N) is 2. The molecule has 2 aromatic heterocycles. The van der Waals surface area contributed by atoms with Crippen molar-refractivity contribution in [2.45, 2.75) is 47.6 Å². The molecule has 0 bridgehead atoms. The van der Waals surface area contributed by atoms with Crippen molar-refractivity contribution in [3.8, 4) is 16.8 Å². The summed E-state index contributed by atoms with van der Waals surface area (Å²) in [5, 5.41) is 9.90. The molecule has 6 nitrogen and oxygen atoms in total. The average Bonchev–Trinajstić information content (AvgIpc) is 3.32. The van der Waals surface area contributed by atoms with Gasteiger partial charge in [-0.2, -0.15) is 5.10 Å². The molecular weight excluding hydrogens is 535 g/mol. The minimum absolute atomic E-state index is 0.149. The van der Waals surface area contributed by atoms with Crippen LogP contribution >= 0.6 is 11.6 Å². The number of hydrogen-bond acceptors (Lipinski definition) is 5. The molecule has 0 aliphatic rings. The highest BCUT2D eigenvalue weighted by molar-refractivity contribution is 6.31. The minimum atomic E-state index is -0.454. The van der Waals surface area contributed by atoms with Gasteiger partial charge in [0.15, 0.2) is 5.82 Å². The molecule has 0 fully saturated rings. The summed E-state index contributed by atoms with van der Waals surface area (Å²) in [5.41, 5.74) is 10.4. The van der Waals surface area contributed by atoms with Crippen LogP contribution in [0.2, 0.25) is 5.02 Å². The van der Waals surface area contributed by atoms with E-state index >= 15 is 4.39 Å². The summed E-state index contributed by atoms with van der Waals surface area (Å²) >= 11 is 6.24. The highest BCUT2D eigenvalue weighted by Crippen LogP contribution is 2.33. The molecule has 0 saturated heterocycles. The third-order valence-corrected chi connectivity index (χ3v) is 6.50. The topological polar surface area (TPSA) is 58.0 Å². The van der Waals surface area contributed by atoms with E-state index in [2.05, 4.69) is 62.6 Å². The fourth-order valence-corrected chi connectivity index (χ4v) is 4.57. The first-order chi connectivity index (χ1) is 19.3. The van der Waals surface area contributed by atoms with Crippen molar-refractivity contribution in [3.05, 3.63) is 126 Å². The van der Waals surface area contributed by atoms with Gasteiger partial charge in [-0.25, -0.2) is 9.07 Å². The zero-order valence-electron chi connectivity index (χ0n) is 25.3. The van der Waals surface area contributed by atoms with Crippen LogP contribution in [0.25, 0.3) is 16.8 Å². The van der Waals surface area contributed by atoms with Crippen LogP contribution in [0.1, 0.15) is 50.7 Å². The zero-order chi connectivity index (χ0) is 31.0. The molecule has 3 aromatic rings. The lowest BCUT2D eigenvalue weighted by Crippen LogP contribution is -2.39. The van der Waals surface area contributed by atoms with E-state index in [1.165, 1.54) is 10.7 Å². The predicted molar refractivity (Wildman–Crippen MR) is 171 cm³/mol. The van der Waals surface area contributed by atoms with E-state index in [0.717, 1.165) is 39.4 Å². The Hall–Kier alpha value is -4.10. The summed E-state index contributed by atoms with van der Waals surface area (Å²) in [4.78, 5) is 4.74. The zero-order valence-corrected chi connectivity index (χ0v) is 26.0. The maximum Gasteiger partial charge on any atom is 0.150 e. The molecular formula is C33H42ClFN6. The third kappa shape index (κ3) is 8.44. The van der Waals surface area contributed by atoms with Crippen LogP contribution in [0.4, 0.5) is 4.39 Å². The van der Waals surface area contributed by atoms with Gasteiger partial charge in [-0.05, 0) is 69.0 Å². The fraction of sp³-hybridized carbons (Fsp3) is 0.273. The molecule has 1 aromatic carbocycles. The number of pyridine rings is 1. The number of benzene rings is 1. The Balaban J connectivity index is 0.00000287. The molecule has 2 N–H and O–H groups in total. The number of rotatable bonds is 11. The van der Waals surface area contributed by atoms with Gasteiger partial charge in [0, 0.05) is 35.6 Å². The Bertz CT molecular complexity index is 1450. The number of allylic oxidation sites excluding steroid dienone is 3. The van der Waals surface area contributed by atoms with E-state index in [0.29, 0.717) is 22.1 Å². The highest BCUT2D eigenvalue weighted by Gasteiger charge is 2.19. The average molecular weight is 577 g/mol. The molecule has 1 atom stereocenters. The molecule has 1 unspecified atom stereocenters. The van der Waals surface area contributed by atoms with Crippen LogP contribution in [0, 0.1) is 25.6 Å². The number of aromatic nitrogens is 3. The van der Waals surface area contributed by atoms with Gasteiger partial charge in [0.2, 0.25) is 0 Å². The molecule has 0 saturated carbocycles. The van der Waals surface area contributed by atoms with Crippen molar-refractivity contribution in [2.24, 2.45) is 5.92 Å². The number of halogens is 2. The number of hydrogen-bond donors (Lipinski definition) is 2. The van der Waals surface area contributed by atoms with Crippen molar-refractivity contribution in [1.29, 1.82) is 0 Å². The van der Waals surface area contributed by atoms with E-state index in [4.69, 9.17) is 16.6 Å². The first-order valence-corrected chi connectivity index (χ1v) is 13.7. The van der Waals surface area contributed by atoms with Gasteiger partial charge in [0.25, 0.3) is 0 Å². The molecule has 0 aliphatic heterocycles. The number of nitrogens with zero attached hydrogens (tertiary/aromatic N) is 4. The molecule has 0 amide bonds. The van der Waals surface area contributed by atoms with Gasteiger partial charge in [-0.1, -0.05) is 56.8 Å². The van der Waals surface area contributed by atoms with Gasteiger partial charge < -0.3 is 5.32 Å². The first kappa shape index (κ1) is 33.1. The van der Waals surface area contributed by atoms with E-state index in [-0.39, 0.29) is 12.0 Å². The standard InChI is InChI=1S/C31H38ClFN6.C2H4/c1-18(2)13-27(19(3)4)22(7)37-38(10)24(9)35-23(8)30-20(5)14-25(17-34-30)28-15-26(32)16-29(33)31(28)39-12-11-21(6)36-39;1-2/h11-17,19,23,35,37H,1,7,9H2,2-6,8,10H3;1-2H2/b27-13+;. The van der Waals surface area contributed by atoms with Crippen LogP contribution in [0.3, 0.4) is 0 Å². The van der Waals surface area contributed by atoms with Crippen LogP contribution < -0.4 is 10.7 Å². The molecule has 41 heavy (non-hydrogen) atoms. The second-order valence-electron chi connectivity index (χ2n) is 10.2. The summed E-state index contributed by atoms with van der Waals surface area (Å²) in [5.74, 6) is 0.483. The maximum atomic E-state index is 15.1. The summed E-state index contributed by atoms with van der Waals surface area (Å²) in [7, 11) is 1.88. The Morgan fingerprint density at radius 2 is 1.78 bits per heavy atom. The largest absolute Gasteiger partial charge is 0.363 e. The first-order valence-electron chi connectivity index (χ1n) is 13.3. The van der Waals surface area contributed by atoms with Crippen molar-refractivity contribution < 1.29 is 4.39 Å². The van der Waals surface area contributed by atoms with E-state index < -0.39 is 5.82 Å². The minimum Gasteiger partial charge on any atom is -0.363 e. The Labute approximate surface area is 249 Å². The summed E-state index contributed by atoms with van der Waals surface area (Å²) in [6.07, 6.45) is 5.50. The molecule has 2 heterocycles. The molecule has 0 aliphatic carbocycles. The van der Waals surface area contributed by atoms with Crippen LogP contribution in [0.5, 0.6) is 0 Å². The molecule has 8 heteroatoms. The SMILES string of the molecule is C=C.C=C(C)/C=C(/C(=C)NN(C)C(=C)NC(C)c1ncc(-c2cc(Cl)cc(F)c2-n2ccc(C)n2)cc1C)C(C)C. The van der Waals surface area contributed by atoms with Crippen LogP contribution in [-0.4, -0.2) is 26.8 Å². The van der Waals surface area contributed by atoms with E-state index in [9.17, 15) is 0 Å². The van der Waals surface area contributed by atoms with Gasteiger partial charge >= 0.3 is 0 Å². The Kier molecular flexibility index (Phi) is 11.7. The third-order valence-electron chi connectivity index (χ3n) is 6.28. The smallest absolute Gasteiger partial charge is 0.150 e. The van der Waals surface area contributed by atoms with Crippen LogP contribution in [-0.2, 0) is 0 Å². The quantitative estimate of drug-likeness (QED) is 0.136. The summed E-state index contributed by atoms with van der Waals surface area (Å²) in [6, 6.07) is 6.69. The Morgan fingerprint density at radius 1 is 1.12 bits per heavy atom. The monoisotopic (exact) mass is 576 g/mol. The molecule has 0 radical (unpaired) electrons. The van der Waals surface area contributed by atoms with Crippen molar-refractivity contribution in [3.63, 3.8) is 0 Å². The lowest BCUT2D eigenvalue weighted by atomic mass is 9.99. The summed E-state index contributed by atoms with van der Waals surface area (Å²) in [6.45, 7) is 30.4. The van der Waals surface area contributed by atoms with Gasteiger partial charge in [-0.15, -0.1) is 13.2 Å². The number of aryl methyl sites for hydroxylation is 2. The van der Waals surface area contributed by atoms with Gasteiger partial charge in [0.1, 0.15) is 11.5 Å². The van der Waals surface area contributed by atoms with Gasteiger partial charge in [-0.3, -0.25) is 15.4 Å². The number of hydrazine groups is 1. The normalized spacial score (nSPS) is 11.8. The fourth-order valence-electron chi connectivity index (χ4n) is 4.36. The molecule has 3 rings (SSSR count). The molecule has 0 spiro atoms. The Morgan fingerprint density at radius 3 is 2.32 bits per heavy atom. The second kappa shape index (κ2) is 14.5. The van der Waals surface area contributed by atoms with Crippen molar-refractivity contribution >= 4 is 11.6 Å². The van der Waals surface area contributed by atoms with E-state index in [1.54, 1.807) is 23.5 Å². The highest BCUT2D eigenvalue weighted by atomic mass is 35.5. The predicted octanol–water partition coefficient (Wildman–Crippen LogP) is 8.38.